The van der Waals surface area contributed by atoms with Gasteiger partial charge in [-0.15, -0.1) is 0 Å². The number of hydrogen-bond acceptors (Lipinski definition) is 4. The van der Waals surface area contributed by atoms with Gasteiger partial charge in [0.2, 0.25) is 0 Å². The molecule has 1 heterocycles. The van der Waals surface area contributed by atoms with E-state index in [1.165, 1.54) is 0 Å². The van der Waals surface area contributed by atoms with Gasteiger partial charge in [0.1, 0.15) is 5.25 Å². The highest BCUT2D eigenvalue weighted by Crippen LogP contribution is 2.48. The molecule has 0 amide bonds. The van der Waals surface area contributed by atoms with Gasteiger partial charge in [-0.05, 0) is 46.5 Å². The summed E-state index contributed by atoms with van der Waals surface area (Å²) in [6.45, 7) is 1.20. The smallest absolute Gasteiger partial charge is 0.186 e. The molecule has 2 N–H and O–H groups in total. The molecule has 1 aliphatic carbocycles. The molecule has 6 heteroatoms. The second kappa shape index (κ2) is 4.55. The van der Waals surface area contributed by atoms with Gasteiger partial charge >= 0.3 is 0 Å². The molecule has 0 aromatic heterocycles. The van der Waals surface area contributed by atoms with Gasteiger partial charge in [-0.3, -0.25) is 0 Å². The van der Waals surface area contributed by atoms with Crippen molar-refractivity contribution in [1.29, 1.82) is 0 Å². The van der Waals surface area contributed by atoms with E-state index in [-0.39, 0.29) is 5.41 Å². The van der Waals surface area contributed by atoms with E-state index in [2.05, 4.69) is 15.9 Å². The van der Waals surface area contributed by atoms with Crippen molar-refractivity contribution in [3.8, 4) is 0 Å². The Bertz CT molecular complexity index is 606. The predicted octanol–water partition coefficient (Wildman–Crippen LogP) is 1.61. The van der Waals surface area contributed by atoms with Gasteiger partial charge in [-0.25, -0.2) is 8.42 Å². The van der Waals surface area contributed by atoms with E-state index in [0.29, 0.717) is 29.1 Å². The van der Waals surface area contributed by atoms with Crippen LogP contribution < -0.4 is 5.73 Å². The molecule has 4 nitrogen and oxygen atoms in total. The Morgan fingerprint density at radius 3 is 2.47 bits per heavy atom. The van der Waals surface area contributed by atoms with Crippen LogP contribution in [0, 0.1) is 0 Å². The summed E-state index contributed by atoms with van der Waals surface area (Å²) in [5.74, 6) is 0. The van der Waals surface area contributed by atoms with E-state index in [1.54, 1.807) is 6.07 Å². The lowest BCUT2D eigenvalue weighted by Crippen LogP contribution is -2.40. The Morgan fingerprint density at radius 1 is 1.37 bits per heavy atom. The minimum absolute atomic E-state index is 0.0738. The number of halogens is 1. The Balaban J connectivity index is 1.96. The third kappa shape index (κ3) is 2.14. The molecule has 1 aliphatic heterocycles. The lowest BCUT2D eigenvalue weighted by atomic mass is 9.96. The first-order valence-electron chi connectivity index (χ1n) is 6.31. The van der Waals surface area contributed by atoms with Crippen LogP contribution in [0.3, 0.4) is 0 Å². The second-order valence-corrected chi connectivity index (χ2v) is 8.38. The van der Waals surface area contributed by atoms with Crippen LogP contribution in [0.2, 0.25) is 0 Å². The second-order valence-electron chi connectivity index (χ2n) is 5.33. The monoisotopic (exact) mass is 345 g/mol. The first-order valence-corrected chi connectivity index (χ1v) is 8.65. The molecular formula is C13H16BrNO3S. The summed E-state index contributed by atoms with van der Waals surface area (Å²) in [6, 6.07) is 5.51. The zero-order valence-corrected chi connectivity index (χ0v) is 12.8. The van der Waals surface area contributed by atoms with Crippen LogP contribution >= 0.6 is 15.9 Å². The maximum atomic E-state index is 12.3. The maximum Gasteiger partial charge on any atom is 0.186 e. The van der Waals surface area contributed by atoms with Crippen molar-refractivity contribution < 1.29 is 13.2 Å². The third-order valence-corrected chi connectivity index (χ3v) is 7.18. The molecular weight excluding hydrogens is 330 g/mol. The minimum atomic E-state index is -3.28. The Hall–Kier alpha value is -0.430. The average Bonchev–Trinajstić information content (AvgIpc) is 3.06. The van der Waals surface area contributed by atoms with Crippen molar-refractivity contribution in [2.24, 2.45) is 5.73 Å². The number of benzene rings is 1. The quantitative estimate of drug-likeness (QED) is 0.899. The standard InChI is InChI=1S/C13H16BrNO3S/c14-11-5-9(13(8-15)3-4-13)1-2-12(11)19(16,17)10-6-18-7-10/h1-2,5,10H,3-4,6-8,15H2. The van der Waals surface area contributed by atoms with Crippen molar-refractivity contribution >= 4 is 25.8 Å². The van der Waals surface area contributed by atoms with E-state index in [0.717, 1.165) is 18.4 Å². The van der Waals surface area contributed by atoms with Crippen LogP contribution in [0.1, 0.15) is 18.4 Å². The molecule has 104 valence electrons. The number of hydrogen-bond donors (Lipinski definition) is 1. The van der Waals surface area contributed by atoms with Gasteiger partial charge in [-0.1, -0.05) is 6.07 Å². The van der Waals surface area contributed by atoms with Crippen molar-refractivity contribution in [2.45, 2.75) is 28.4 Å². The summed E-state index contributed by atoms with van der Waals surface area (Å²) in [5.41, 5.74) is 7.01. The SMILES string of the molecule is NCC1(c2ccc(S(=O)(=O)C3COC3)c(Br)c2)CC1. The normalized spacial score (nSPS) is 22.0. The van der Waals surface area contributed by atoms with E-state index < -0.39 is 15.1 Å². The first-order chi connectivity index (χ1) is 8.99. The summed E-state index contributed by atoms with van der Waals surface area (Å²) < 4.78 is 30.3. The molecule has 1 saturated heterocycles. The highest BCUT2D eigenvalue weighted by molar-refractivity contribution is 9.10. The molecule has 2 fully saturated rings. The van der Waals surface area contributed by atoms with Crippen molar-refractivity contribution in [1.82, 2.24) is 0 Å². The van der Waals surface area contributed by atoms with Gasteiger partial charge in [-0.2, -0.15) is 0 Å². The molecule has 1 aromatic carbocycles. The Kier molecular flexibility index (Phi) is 3.24. The fourth-order valence-electron chi connectivity index (χ4n) is 2.40. The fourth-order valence-corrected chi connectivity index (χ4v) is 4.95. The largest absolute Gasteiger partial charge is 0.379 e. The average molecular weight is 346 g/mol. The van der Waals surface area contributed by atoms with E-state index in [1.807, 2.05) is 12.1 Å². The number of nitrogens with two attached hydrogens (primary N) is 1. The molecule has 0 bridgehead atoms. The van der Waals surface area contributed by atoms with Crippen LogP contribution in [0.5, 0.6) is 0 Å². The summed E-state index contributed by atoms with van der Waals surface area (Å²) in [5, 5.41) is -0.404. The molecule has 0 unspecified atom stereocenters. The van der Waals surface area contributed by atoms with Gasteiger partial charge in [0.25, 0.3) is 0 Å². The van der Waals surface area contributed by atoms with E-state index in [9.17, 15) is 8.42 Å². The first kappa shape index (κ1) is 13.5. The fraction of sp³-hybridized carbons (Fsp3) is 0.538. The zero-order chi connectivity index (χ0) is 13.7. The lowest BCUT2D eigenvalue weighted by Gasteiger charge is -2.26. The van der Waals surface area contributed by atoms with Crippen LogP contribution in [0.25, 0.3) is 0 Å². The summed E-state index contributed by atoms with van der Waals surface area (Å²) in [6.07, 6.45) is 2.16. The van der Waals surface area contributed by atoms with Gasteiger partial charge in [0.05, 0.1) is 18.1 Å². The molecule has 1 saturated carbocycles. The van der Waals surface area contributed by atoms with Crippen LogP contribution in [-0.4, -0.2) is 33.4 Å². The molecule has 0 spiro atoms. The van der Waals surface area contributed by atoms with Crippen molar-refractivity contribution in [3.63, 3.8) is 0 Å². The lowest BCUT2D eigenvalue weighted by molar-refractivity contribution is 0.0416. The Labute approximate surface area is 121 Å². The number of rotatable bonds is 4. The highest BCUT2D eigenvalue weighted by Gasteiger charge is 2.43. The summed E-state index contributed by atoms with van der Waals surface area (Å²) in [4.78, 5) is 0.359. The summed E-state index contributed by atoms with van der Waals surface area (Å²) >= 11 is 3.39. The molecule has 1 aromatic rings. The van der Waals surface area contributed by atoms with Gasteiger partial charge in [0.15, 0.2) is 9.84 Å². The van der Waals surface area contributed by atoms with Gasteiger partial charge < -0.3 is 10.5 Å². The predicted molar refractivity (Wildman–Crippen MR) is 75.9 cm³/mol. The van der Waals surface area contributed by atoms with Crippen LogP contribution in [0.4, 0.5) is 0 Å². The van der Waals surface area contributed by atoms with Crippen molar-refractivity contribution in [2.75, 3.05) is 19.8 Å². The summed E-state index contributed by atoms with van der Waals surface area (Å²) in [7, 11) is -3.28. The number of sulfone groups is 1. The minimum Gasteiger partial charge on any atom is -0.379 e. The molecule has 3 rings (SSSR count). The van der Waals surface area contributed by atoms with Gasteiger partial charge in [0, 0.05) is 16.4 Å². The number of ether oxygens (including phenoxy) is 1. The van der Waals surface area contributed by atoms with Crippen molar-refractivity contribution in [3.05, 3.63) is 28.2 Å². The molecule has 0 radical (unpaired) electrons. The molecule has 0 atom stereocenters. The maximum absolute atomic E-state index is 12.3. The van der Waals surface area contributed by atoms with E-state index >= 15 is 0 Å². The van der Waals surface area contributed by atoms with Crippen LogP contribution in [-0.2, 0) is 20.0 Å². The highest BCUT2D eigenvalue weighted by atomic mass is 79.9. The van der Waals surface area contributed by atoms with E-state index in [4.69, 9.17) is 10.5 Å². The zero-order valence-electron chi connectivity index (χ0n) is 10.4. The third-order valence-electron chi connectivity index (χ3n) is 4.14. The Morgan fingerprint density at radius 2 is 2.05 bits per heavy atom. The molecule has 19 heavy (non-hydrogen) atoms. The molecule has 2 aliphatic rings. The van der Waals surface area contributed by atoms with Crippen LogP contribution in [0.15, 0.2) is 27.6 Å². The topological polar surface area (TPSA) is 69.4 Å².